The molecule has 0 atom stereocenters. The van der Waals surface area contributed by atoms with Crippen LogP contribution in [-0.4, -0.2) is 70.4 Å². The normalized spacial score (nSPS) is 15.7. The predicted molar refractivity (Wildman–Crippen MR) is 162 cm³/mol. The molecule has 1 saturated heterocycles. The van der Waals surface area contributed by atoms with Gasteiger partial charge in [-0.25, -0.2) is 14.8 Å². The maximum Gasteiger partial charge on any atom is 0.337 e. The third-order valence-corrected chi connectivity index (χ3v) is 10.1. The smallest absolute Gasteiger partial charge is 0.337 e. The zero-order valence-corrected chi connectivity index (χ0v) is 25.3. The Labute approximate surface area is 248 Å². The number of thioether (sulfide) groups is 1. The summed E-state index contributed by atoms with van der Waals surface area (Å²) in [6.07, 6.45) is 4.56. The number of aryl methyl sites for hydroxylation is 3. The van der Waals surface area contributed by atoms with Crippen molar-refractivity contribution in [3.63, 3.8) is 0 Å². The molecule has 1 aliphatic carbocycles. The van der Waals surface area contributed by atoms with E-state index in [0.29, 0.717) is 23.4 Å². The van der Waals surface area contributed by atoms with Crippen molar-refractivity contribution in [3.05, 3.63) is 69.1 Å². The van der Waals surface area contributed by atoms with E-state index in [1.807, 2.05) is 32.0 Å². The summed E-state index contributed by atoms with van der Waals surface area (Å²) < 4.78 is 12.4. The van der Waals surface area contributed by atoms with Crippen LogP contribution in [-0.2, 0) is 28.9 Å². The number of ketones is 1. The van der Waals surface area contributed by atoms with E-state index >= 15 is 0 Å². The Morgan fingerprint density at radius 3 is 2.59 bits per heavy atom. The Bertz CT molecular complexity index is 1600. The molecule has 1 aromatic carbocycles. The van der Waals surface area contributed by atoms with Crippen LogP contribution in [0.2, 0.25) is 0 Å². The average molecular weight is 591 g/mol. The number of Topliss-reactive ketones (excluding diaryl/α,β-unsaturated/α-hetero) is 1. The Morgan fingerprint density at radius 2 is 1.83 bits per heavy atom. The Balaban J connectivity index is 1.26. The molecule has 0 bridgehead atoms. The monoisotopic (exact) mass is 590 g/mol. The molecule has 1 fully saturated rings. The minimum Gasteiger partial charge on any atom is -0.465 e. The van der Waals surface area contributed by atoms with Crippen LogP contribution in [0.5, 0.6) is 0 Å². The number of esters is 1. The lowest BCUT2D eigenvalue weighted by Crippen LogP contribution is -2.36. The molecule has 4 aromatic rings. The van der Waals surface area contributed by atoms with E-state index in [4.69, 9.17) is 19.4 Å². The summed E-state index contributed by atoms with van der Waals surface area (Å²) in [5, 5.41) is 2.09. The first kappa shape index (κ1) is 28.1. The van der Waals surface area contributed by atoms with Gasteiger partial charge in [-0.05, 0) is 75.4 Å². The quantitative estimate of drug-likeness (QED) is 0.114. The summed E-state index contributed by atoms with van der Waals surface area (Å²) in [6, 6.07) is 9.20. The zero-order valence-electron chi connectivity index (χ0n) is 23.7. The molecule has 41 heavy (non-hydrogen) atoms. The van der Waals surface area contributed by atoms with E-state index < -0.39 is 0 Å². The molecule has 3 aromatic heterocycles. The summed E-state index contributed by atoms with van der Waals surface area (Å²) in [4.78, 5) is 40.3. The second kappa shape index (κ2) is 12.1. The van der Waals surface area contributed by atoms with Crippen LogP contribution >= 0.6 is 23.1 Å². The number of fused-ring (bicyclic) bond motifs is 3. The SMILES string of the molecule is COC(=O)c1ccc(-n2c(C)cc(C(=O)CSc3nc(CN4CCOCC4)nc4sc5c(c34)CCCC5)c2C)cc1. The number of ether oxygens (including phenoxy) is 2. The molecule has 0 spiro atoms. The van der Waals surface area contributed by atoms with Crippen LogP contribution in [0.3, 0.4) is 0 Å². The van der Waals surface area contributed by atoms with Gasteiger partial charge in [-0.15, -0.1) is 11.3 Å². The molecule has 8 nitrogen and oxygen atoms in total. The molecule has 10 heteroatoms. The topological polar surface area (TPSA) is 86.5 Å². The number of thiophene rings is 1. The fourth-order valence-electron chi connectivity index (χ4n) is 5.82. The first-order valence-corrected chi connectivity index (χ1v) is 15.9. The van der Waals surface area contributed by atoms with Gasteiger partial charge < -0.3 is 14.0 Å². The van der Waals surface area contributed by atoms with Crippen molar-refractivity contribution >= 4 is 45.1 Å². The van der Waals surface area contributed by atoms with Crippen LogP contribution in [0, 0.1) is 13.8 Å². The van der Waals surface area contributed by atoms with Crippen LogP contribution in [0.4, 0.5) is 0 Å². The molecular weight excluding hydrogens is 556 g/mol. The summed E-state index contributed by atoms with van der Waals surface area (Å²) in [6.45, 7) is 7.89. The second-order valence-electron chi connectivity index (χ2n) is 10.6. The number of hydrogen-bond acceptors (Lipinski definition) is 9. The van der Waals surface area contributed by atoms with Crippen LogP contribution < -0.4 is 0 Å². The molecule has 1 aliphatic heterocycles. The second-order valence-corrected chi connectivity index (χ2v) is 12.6. The average Bonchev–Trinajstić information content (AvgIpc) is 3.52. The molecule has 0 amide bonds. The molecule has 214 valence electrons. The fourth-order valence-corrected chi connectivity index (χ4v) is 8.12. The molecule has 0 unspecified atom stereocenters. The van der Waals surface area contributed by atoms with Crippen molar-refractivity contribution in [1.29, 1.82) is 0 Å². The lowest BCUT2D eigenvalue weighted by Gasteiger charge is -2.25. The van der Waals surface area contributed by atoms with Gasteiger partial charge in [0.2, 0.25) is 0 Å². The molecular formula is C31H34N4O4S2. The predicted octanol–water partition coefficient (Wildman–Crippen LogP) is 5.57. The standard InChI is InChI=1S/C31H34N4O4S2/c1-19-16-24(20(2)35(19)22-10-8-21(9-11-22)31(37)38-3)25(36)18-40-29-28-23-6-4-5-7-26(23)41-30(28)33-27(32-29)17-34-12-14-39-15-13-34/h8-11,16H,4-7,12-15,17-18H2,1-3H3. The van der Waals surface area contributed by atoms with Crippen molar-refractivity contribution < 1.29 is 19.1 Å². The molecule has 4 heterocycles. The van der Waals surface area contributed by atoms with Crippen molar-refractivity contribution in [2.24, 2.45) is 0 Å². The Hall–Kier alpha value is -3.05. The molecule has 6 rings (SSSR count). The van der Waals surface area contributed by atoms with Gasteiger partial charge in [-0.2, -0.15) is 0 Å². The first-order chi connectivity index (χ1) is 19.9. The molecule has 0 saturated carbocycles. The number of nitrogens with zero attached hydrogens (tertiary/aromatic N) is 4. The van der Waals surface area contributed by atoms with Crippen molar-refractivity contribution in [2.45, 2.75) is 51.1 Å². The van der Waals surface area contributed by atoms with Gasteiger partial charge in [-0.3, -0.25) is 9.69 Å². The largest absolute Gasteiger partial charge is 0.465 e. The lowest BCUT2D eigenvalue weighted by molar-refractivity contribution is 0.0330. The number of aromatic nitrogens is 3. The van der Waals surface area contributed by atoms with Crippen molar-refractivity contribution in [3.8, 4) is 5.69 Å². The number of morpholine rings is 1. The number of carbonyl (C=O) groups is 2. The highest BCUT2D eigenvalue weighted by Gasteiger charge is 2.24. The minimum atomic E-state index is -0.371. The van der Waals surface area contributed by atoms with E-state index in [1.165, 1.54) is 42.2 Å². The van der Waals surface area contributed by atoms with E-state index in [1.54, 1.807) is 23.5 Å². The van der Waals surface area contributed by atoms with Gasteiger partial charge in [0.15, 0.2) is 5.78 Å². The van der Waals surface area contributed by atoms with Gasteiger partial charge in [0, 0.05) is 46.0 Å². The summed E-state index contributed by atoms with van der Waals surface area (Å²) in [5.74, 6) is 0.830. The highest BCUT2D eigenvalue weighted by molar-refractivity contribution is 8.00. The third-order valence-electron chi connectivity index (χ3n) is 7.91. The van der Waals surface area contributed by atoms with E-state index in [0.717, 1.165) is 77.3 Å². The van der Waals surface area contributed by atoms with Crippen molar-refractivity contribution in [1.82, 2.24) is 19.4 Å². The van der Waals surface area contributed by atoms with Crippen LogP contribution in [0.25, 0.3) is 15.9 Å². The summed E-state index contributed by atoms with van der Waals surface area (Å²) in [5.41, 5.74) is 5.33. The van der Waals surface area contributed by atoms with E-state index in [9.17, 15) is 9.59 Å². The number of hydrogen-bond donors (Lipinski definition) is 0. The lowest BCUT2D eigenvalue weighted by atomic mass is 9.97. The highest BCUT2D eigenvalue weighted by Crippen LogP contribution is 2.40. The molecule has 2 aliphatic rings. The number of rotatable bonds is 8. The molecule has 0 radical (unpaired) electrons. The van der Waals surface area contributed by atoms with E-state index in [2.05, 4.69) is 9.47 Å². The number of carbonyl (C=O) groups excluding carboxylic acids is 2. The number of methoxy groups -OCH3 is 1. The number of benzene rings is 1. The third kappa shape index (κ3) is 5.70. The van der Waals surface area contributed by atoms with E-state index in [-0.39, 0.29) is 11.8 Å². The summed E-state index contributed by atoms with van der Waals surface area (Å²) in [7, 11) is 1.37. The minimum absolute atomic E-state index is 0.0751. The Kier molecular flexibility index (Phi) is 8.26. The molecule has 0 N–H and O–H groups in total. The maximum atomic E-state index is 13.6. The summed E-state index contributed by atoms with van der Waals surface area (Å²) >= 11 is 3.34. The van der Waals surface area contributed by atoms with Crippen molar-refractivity contribution in [2.75, 3.05) is 39.2 Å². The van der Waals surface area contributed by atoms with Gasteiger partial charge in [0.25, 0.3) is 0 Å². The van der Waals surface area contributed by atoms with Gasteiger partial charge >= 0.3 is 5.97 Å². The maximum absolute atomic E-state index is 13.6. The van der Waals surface area contributed by atoms with Gasteiger partial charge in [0.05, 0.1) is 38.2 Å². The Morgan fingerprint density at radius 1 is 1.07 bits per heavy atom. The highest BCUT2D eigenvalue weighted by atomic mass is 32.2. The van der Waals surface area contributed by atoms with Crippen LogP contribution in [0.1, 0.15) is 61.2 Å². The van der Waals surface area contributed by atoms with Crippen LogP contribution in [0.15, 0.2) is 35.4 Å². The van der Waals surface area contributed by atoms with Gasteiger partial charge in [-0.1, -0.05) is 11.8 Å². The fraction of sp³-hybridized carbons (Fsp3) is 0.419. The van der Waals surface area contributed by atoms with Gasteiger partial charge in [0.1, 0.15) is 15.7 Å². The zero-order chi connectivity index (χ0) is 28.5. The first-order valence-electron chi connectivity index (χ1n) is 14.1.